The van der Waals surface area contributed by atoms with Crippen LogP contribution in [0.25, 0.3) is 0 Å². The minimum Gasteiger partial charge on any atom is -0.459 e. The Morgan fingerprint density at radius 1 is 1.24 bits per heavy atom. The first-order valence-electron chi connectivity index (χ1n) is 9.84. The van der Waals surface area contributed by atoms with Crippen LogP contribution in [-0.2, 0) is 17.8 Å². The van der Waals surface area contributed by atoms with Crippen LogP contribution < -0.4 is 5.56 Å². The zero-order valence-electron chi connectivity index (χ0n) is 16.6. The minimum atomic E-state index is -0.258. The zero-order chi connectivity index (χ0) is 20.5. The summed E-state index contributed by atoms with van der Waals surface area (Å²) in [7, 11) is 0. The van der Waals surface area contributed by atoms with Gasteiger partial charge in [-0.25, -0.2) is 4.98 Å². The molecule has 2 aliphatic heterocycles. The van der Waals surface area contributed by atoms with Crippen molar-refractivity contribution in [3.05, 3.63) is 45.8 Å². The Hall–Kier alpha value is -2.55. The highest BCUT2D eigenvalue weighted by atomic mass is 32.2. The Kier molecular flexibility index (Phi) is 5.49. The van der Waals surface area contributed by atoms with Gasteiger partial charge in [-0.05, 0) is 25.5 Å². The molecule has 2 aromatic rings. The van der Waals surface area contributed by atoms with Gasteiger partial charge in [0.05, 0.1) is 12.2 Å². The lowest BCUT2D eigenvalue weighted by Gasteiger charge is -2.37. The molecule has 0 N–H and O–H groups in total. The standard InChI is InChI=1S/C20H24N4O4S/c1-3-15-13(2)21-20-24(18(15)26)11-14(12-29-20)17(25)22-6-8-23(9-7-22)19(27)16-5-4-10-28-16/h4-5,10,14H,3,6-9,11-12H2,1-2H3/t14-/m0/s1. The molecule has 0 aliphatic carbocycles. The molecular formula is C20H24N4O4S. The van der Waals surface area contributed by atoms with Gasteiger partial charge >= 0.3 is 0 Å². The van der Waals surface area contributed by atoms with E-state index in [4.69, 9.17) is 4.42 Å². The van der Waals surface area contributed by atoms with Crippen LogP contribution in [0, 0.1) is 12.8 Å². The van der Waals surface area contributed by atoms with Crippen molar-refractivity contribution < 1.29 is 14.0 Å². The third-order valence-electron chi connectivity index (χ3n) is 5.56. The molecule has 0 bridgehead atoms. The van der Waals surface area contributed by atoms with Crippen molar-refractivity contribution in [2.24, 2.45) is 5.92 Å². The number of furan rings is 1. The molecule has 2 aliphatic rings. The van der Waals surface area contributed by atoms with Crippen LogP contribution in [0.2, 0.25) is 0 Å². The molecule has 154 valence electrons. The number of carbonyl (C=O) groups excluding carboxylic acids is 2. The first-order chi connectivity index (χ1) is 14.0. The van der Waals surface area contributed by atoms with Crippen LogP contribution in [0.3, 0.4) is 0 Å². The third-order valence-corrected chi connectivity index (χ3v) is 6.70. The molecule has 4 heterocycles. The molecule has 0 unspecified atom stereocenters. The number of aryl methyl sites for hydroxylation is 1. The van der Waals surface area contributed by atoms with Crippen LogP contribution >= 0.6 is 11.8 Å². The monoisotopic (exact) mass is 416 g/mol. The molecule has 1 saturated heterocycles. The number of fused-ring (bicyclic) bond motifs is 1. The lowest BCUT2D eigenvalue weighted by Crippen LogP contribution is -2.53. The Balaban J connectivity index is 1.42. The molecule has 4 rings (SSSR count). The fourth-order valence-corrected chi connectivity index (χ4v) is 5.01. The van der Waals surface area contributed by atoms with E-state index in [2.05, 4.69) is 4.98 Å². The number of rotatable bonds is 3. The summed E-state index contributed by atoms with van der Waals surface area (Å²) >= 11 is 1.47. The Morgan fingerprint density at radius 2 is 1.97 bits per heavy atom. The first kappa shape index (κ1) is 19.8. The van der Waals surface area contributed by atoms with E-state index in [1.54, 1.807) is 26.5 Å². The molecule has 8 nitrogen and oxygen atoms in total. The van der Waals surface area contributed by atoms with Gasteiger partial charge in [-0.15, -0.1) is 0 Å². The summed E-state index contributed by atoms with van der Waals surface area (Å²) < 4.78 is 6.83. The maximum atomic E-state index is 13.1. The summed E-state index contributed by atoms with van der Waals surface area (Å²) in [5.74, 6) is 0.565. The van der Waals surface area contributed by atoms with Crippen molar-refractivity contribution >= 4 is 23.6 Å². The maximum Gasteiger partial charge on any atom is 0.289 e. The van der Waals surface area contributed by atoms with Gasteiger partial charge in [0.2, 0.25) is 5.91 Å². The van der Waals surface area contributed by atoms with Gasteiger partial charge < -0.3 is 14.2 Å². The van der Waals surface area contributed by atoms with E-state index in [-0.39, 0.29) is 23.3 Å². The second-order valence-corrected chi connectivity index (χ2v) is 8.32. The molecule has 0 radical (unpaired) electrons. The number of aromatic nitrogens is 2. The lowest BCUT2D eigenvalue weighted by atomic mass is 10.1. The first-order valence-corrected chi connectivity index (χ1v) is 10.8. The van der Waals surface area contributed by atoms with Crippen LogP contribution in [0.5, 0.6) is 0 Å². The van der Waals surface area contributed by atoms with Gasteiger partial charge in [0, 0.05) is 49.7 Å². The summed E-state index contributed by atoms with van der Waals surface area (Å²) in [5, 5.41) is 0.697. The largest absolute Gasteiger partial charge is 0.459 e. The highest BCUT2D eigenvalue weighted by Gasteiger charge is 2.33. The van der Waals surface area contributed by atoms with E-state index in [0.717, 1.165) is 5.69 Å². The fourth-order valence-electron chi connectivity index (χ4n) is 3.90. The summed E-state index contributed by atoms with van der Waals surface area (Å²) in [6, 6.07) is 3.34. The molecular weight excluding hydrogens is 392 g/mol. The molecule has 0 aromatic carbocycles. The van der Waals surface area contributed by atoms with E-state index in [1.165, 1.54) is 18.0 Å². The second-order valence-electron chi connectivity index (χ2n) is 7.33. The summed E-state index contributed by atoms with van der Waals surface area (Å²) in [6.07, 6.45) is 2.11. The van der Waals surface area contributed by atoms with Crippen molar-refractivity contribution in [1.82, 2.24) is 19.4 Å². The van der Waals surface area contributed by atoms with Gasteiger partial charge in [0.15, 0.2) is 10.9 Å². The maximum absolute atomic E-state index is 13.1. The topological polar surface area (TPSA) is 88.7 Å². The number of hydrogen-bond acceptors (Lipinski definition) is 6. The van der Waals surface area contributed by atoms with Crippen LogP contribution in [0.1, 0.15) is 28.7 Å². The summed E-state index contributed by atoms with van der Waals surface area (Å²) in [4.78, 5) is 46.3. The Bertz CT molecular complexity index is 977. The van der Waals surface area contributed by atoms with E-state index >= 15 is 0 Å². The van der Waals surface area contributed by atoms with Crippen molar-refractivity contribution in [2.75, 3.05) is 31.9 Å². The highest BCUT2D eigenvalue weighted by molar-refractivity contribution is 7.99. The number of carbonyl (C=O) groups is 2. The fraction of sp³-hybridized carbons (Fsp3) is 0.500. The highest BCUT2D eigenvalue weighted by Crippen LogP contribution is 2.27. The lowest BCUT2D eigenvalue weighted by molar-refractivity contribution is -0.136. The SMILES string of the molecule is CCc1c(C)nc2n(c1=O)C[C@H](C(=O)N1CCN(C(=O)c3ccco3)CC1)CS2. The molecule has 29 heavy (non-hydrogen) atoms. The van der Waals surface area contributed by atoms with E-state index in [0.29, 0.717) is 61.4 Å². The van der Waals surface area contributed by atoms with Crippen molar-refractivity contribution in [1.29, 1.82) is 0 Å². The minimum absolute atomic E-state index is 0.0335. The molecule has 1 fully saturated rings. The summed E-state index contributed by atoms with van der Waals surface area (Å²) in [5.41, 5.74) is 1.46. The number of piperazine rings is 1. The van der Waals surface area contributed by atoms with Crippen LogP contribution in [-0.4, -0.2) is 63.1 Å². The number of amides is 2. The van der Waals surface area contributed by atoms with Gasteiger partial charge in [-0.1, -0.05) is 18.7 Å². The normalized spacial score (nSPS) is 19.2. The average Bonchev–Trinajstić information content (AvgIpc) is 3.28. The Morgan fingerprint density at radius 3 is 2.62 bits per heavy atom. The predicted octanol–water partition coefficient (Wildman–Crippen LogP) is 1.41. The summed E-state index contributed by atoms with van der Waals surface area (Å²) in [6.45, 7) is 6.10. The second kappa shape index (κ2) is 8.06. The predicted molar refractivity (Wildman–Crippen MR) is 108 cm³/mol. The van der Waals surface area contributed by atoms with Gasteiger partial charge in [-0.2, -0.15) is 0 Å². The molecule has 0 spiro atoms. The Labute approximate surface area is 172 Å². The quantitative estimate of drug-likeness (QED) is 0.703. The van der Waals surface area contributed by atoms with Gasteiger partial charge in [0.25, 0.3) is 11.5 Å². The van der Waals surface area contributed by atoms with E-state index in [1.807, 2.05) is 13.8 Å². The average molecular weight is 417 g/mol. The molecule has 9 heteroatoms. The van der Waals surface area contributed by atoms with Crippen molar-refractivity contribution in [2.45, 2.75) is 32.0 Å². The number of hydrogen-bond donors (Lipinski definition) is 0. The van der Waals surface area contributed by atoms with Crippen LogP contribution in [0.15, 0.2) is 32.8 Å². The van der Waals surface area contributed by atoms with Crippen LogP contribution in [0.4, 0.5) is 0 Å². The third kappa shape index (κ3) is 3.71. The number of thioether (sulfide) groups is 1. The molecule has 2 amide bonds. The molecule has 0 saturated carbocycles. The van der Waals surface area contributed by atoms with E-state index in [9.17, 15) is 14.4 Å². The number of nitrogens with zero attached hydrogens (tertiary/aromatic N) is 4. The molecule has 1 atom stereocenters. The van der Waals surface area contributed by atoms with Crippen molar-refractivity contribution in [3.63, 3.8) is 0 Å². The zero-order valence-corrected chi connectivity index (χ0v) is 17.4. The van der Waals surface area contributed by atoms with Gasteiger partial charge in [-0.3, -0.25) is 19.0 Å². The van der Waals surface area contributed by atoms with E-state index < -0.39 is 0 Å². The van der Waals surface area contributed by atoms with Gasteiger partial charge in [0.1, 0.15) is 0 Å². The smallest absolute Gasteiger partial charge is 0.289 e. The molecule has 2 aromatic heterocycles. The van der Waals surface area contributed by atoms with Crippen molar-refractivity contribution in [3.8, 4) is 0 Å².